The molecule has 0 bridgehead atoms. The Hall–Kier alpha value is -3.88. The second kappa shape index (κ2) is 7.86. The van der Waals surface area contributed by atoms with Gasteiger partial charge in [0, 0.05) is 24.8 Å². The number of hydrogen-bond acceptors (Lipinski definition) is 6. The summed E-state index contributed by atoms with van der Waals surface area (Å²) >= 11 is 0. The Morgan fingerprint density at radius 2 is 2.07 bits per heavy atom. The van der Waals surface area contributed by atoms with Crippen molar-refractivity contribution in [3.05, 3.63) is 53.6 Å². The fraction of sp³-hybridized carbons (Fsp3) is 0.238. The molecule has 0 saturated heterocycles. The van der Waals surface area contributed by atoms with Gasteiger partial charge >= 0.3 is 5.97 Å². The van der Waals surface area contributed by atoms with Crippen molar-refractivity contribution in [1.82, 2.24) is 14.9 Å². The average Bonchev–Trinajstić information content (AvgIpc) is 3.10. The monoisotopic (exact) mass is 407 g/mol. The Morgan fingerprint density at radius 3 is 2.83 bits per heavy atom. The van der Waals surface area contributed by atoms with Crippen molar-refractivity contribution in [1.29, 1.82) is 0 Å². The highest BCUT2D eigenvalue weighted by Crippen LogP contribution is 2.25. The maximum absolute atomic E-state index is 12.7. The molecule has 1 aromatic heterocycles. The minimum Gasteiger partial charge on any atom is -0.469 e. The van der Waals surface area contributed by atoms with Crippen molar-refractivity contribution in [2.24, 2.45) is 0 Å². The van der Waals surface area contributed by atoms with E-state index in [9.17, 15) is 14.4 Å². The predicted octanol–water partition coefficient (Wildman–Crippen LogP) is 2.13. The van der Waals surface area contributed by atoms with Gasteiger partial charge in [0.15, 0.2) is 0 Å². The highest BCUT2D eigenvalue weighted by molar-refractivity contribution is 6.04. The molecule has 9 heteroatoms. The molecular formula is C21H21N5O4. The summed E-state index contributed by atoms with van der Waals surface area (Å²) in [7, 11) is 2.94. The second-order valence-electron chi connectivity index (χ2n) is 7.10. The summed E-state index contributed by atoms with van der Waals surface area (Å²) in [6, 6.07) is 11.9. The number of aromatic amines is 1. The van der Waals surface area contributed by atoms with Crippen molar-refractivity contribution < 1.29 is 19.1 Å². The lowest BCUT2D eigenvalue weighted by molar-refractivity contribution is -0.143. The number of anilines is 2. The lowest BCUT2D eigenvalue weighted by Gasteiger charge is -2.19. The van der Waals surface area contributed by atoms with Crippen LogP contribution in [0.4, 0.5) is 11.6 Å². The number of ether oxygens (including phenoxy) is 1. The summed E-state index contributed by atoms with van der Waals surface area (Å²) in [5.41, 5.74) is 3.49. The molecule has 1 aliphatic rings. The number of methoxy groups -OCH3 is 1. The summed E-state index contributed by atoms with van der Waals surface area (Å²) < 4.78 is 4.68. The van der Waals surface area contributed by atoms with Crippen LogP contribution in [0, 0.1) is 0 Å². The molecule has 154 valence electrons. The first-order valence-corrected chi connectivity index (χ1v) is 9.42. The molecular weight excluding hydrogens is 386 g/mol. The summed E-state index contributed by atoms with van der Waals surface area (Å²) in [6.07, 6.45) is -0.0760. The number of hydrogen-bond donors (Lipinski definition) is 3. The van der Waals surface area contributed by atoms with Gasteiger partial charge in [-0.15, -0.1) is 0 Å². The van der Waals surface area contributed by atoms with Gasteiger partial charge in [0.2, 0.25) is 11.9 Å². The fourth-order valence-corrected chi connectivity index (χ4v) is 3.44. The van der Waals surface area contributed by atoms with Crippen LogP contribution in [-0.2, 0) is 20.9 Å². The van der Waals surface area contributed by atoms with Crippen LogP contribution in [0.15, 0.2) is 42.5 Å². The van der Waals surface area contributed by atoms with E-state index in [2.05, 4.69) is 25.3 Å². The van der Waals surface area contributed by atoms with Gasteiger partial charge in [-0.05, 0) is 35.9 Å². The van der Waals surface area contributed by atoms with E-state index in [1.54, 1.807) is 25.2 Å². The molecule has 1 aliphatic heterocycles. The van der Waals surface area contributed by atoms with Crippen LogP contribution in [0.3, 0.4) is 0 Å². The van der Waals surface area contributed by atoms with Crippen LogP contribution >= 0.6 is 0 Å². The number of aromatic nitrogens is 2. The van der Waals surface area contributed by atoms with Gasteiger partial charge in [0.1, 0.15) is 6.04 Å². The van der Waals surface area contributed by atoms with Gasteiger partial charge in [-0.25, -0.2) is 4.98 Å². The van der Waals surface area contributed by atoms with Crippen molar-refractivity contribution >= 4 is 40.5 Å². The van der Waals surface area contributed by atoms with E-state index in [0.29, 0.717) is 23.7 Å². The van der Waals surface area contributed by atoms with Crippen LogP contribution in [0.1, 0.15) is 22.3 Å². The van der Waals surface area contributed by atoms with Crippen LogP contribution < -0.4 is 10.6 Å². The molecule has 0 radical (unpaired) electrons. The lowest BCUT2D eigenvalue weighted by atomic mass is 10.1. The van der Waals surface area contributed by atoms with Gasteiger partial charge in [0.25, 0.3) is 5.91 Å². The van der Waals surface area contributed by atoms with E-state index in [0.717, 1.165) is 16.6 Å². The molecule has 30 heavy (non-hydrogen) atoms. The van der Waals surface area contributed by atoms with Crippen LogP contribution in [0.2, 0.25) is 0 Å². The Labute approximate surface area is 172 Å². The summed E-state index contributed by atoms with van der Waals surface area (Å²) in [4.78, 5) is 45.9. The second-order valence-corrected chi connectivity index (χ2v) is 7.10. The number of likely N-dealkylation sites (N-methyl/N-ethyl adjacent to an activating group) is 1. The fourth-order valence-electron chi connectivity index (χ4n) is 3.44. The number of rotatable bonds is 4. The molecule has 3 N–H and O–H groups in total. The number of amides is 2. The smallest absolute Gasteiger partial charge is 0.308 e. The average molecular weight is 407 g/mol. The largest absolute Gasteiger partial charge is 0.469 e. The maximum Gasteiger partial charge on any atom is 0.308 e. The maximum atomic E-state index is 12.7. The molecule has 3 aromatic rings. The normalized spacial score (nSPS) is 15.9. The zero-order valence-electron chi connectivity index (χ0n) is 16.6. The van der Waals surface area contributed by atoms with E-state index >= 15 is 0 Å². The zero-order chi connectivity index (χ0) is 21.3. The molecule has 2 aromatic carbocycles. The number of fused-ring (bicyclic) bond motifs is 2. The number of carbonyl (C=O) groups excluding carboxylic acids is 3. The summed E-state index contributed by atoms with van der Waals surface area (Å²) in [5, 5.41) is 5.86. The SMILES string of the molecule is COC(=O)CC1Nc2ccc(C(=O)Nc3nc4ccccc4[nH]3)cc2CN(C)C1=O. The van der Waals surface area contributed by atoms with E-state index < -0.39 is 12.0 Å². The van der Waals surface area contributed by atoms with Gasteiger partial charge in [-0.2, -0.15) is 0 Å². The summed E-state index contributed by atoms with van der Waals surface area (Å²) in [6.45, 7) is 0.310. The molecule has 0 saturated carbocycles. The van der Waals surface area contributed by atoms with E-state index in [1.807, 2.05) is 24.3 Å². The molecule has 4 rings (SSSR count). The number of nitrogens with one attached hydrogen (secondary N) is 3. The van der Waals surface area contributed by atoms with Gasteiger partial charge in [-0.3, -0.25) is 19.7 Å². The zero-order valence-corrected chi connectivity index (χ0v) is 16.6. The van der Waals surface area contributed by atoms with Gasteiger partial charge in [0.05, 0.1) is 24.6 Å². The Kier molecular flexibility index (Phi) is 5.09. The number of carbonyl (C=O) groups is 3. The van der Waals surface area contributed by atoms with Crippen molar-refractivity contribution in [2.45, 2.75) is 19.0 Å². The number of esters is 1. The molecule has 9 nitrogen and oxygen atoms in total. The van der Waals surface area contributed by atoms with Crippen molar-refractivity contribution in [2.75, 3.05) is 24.8 Å². The number of benzene rings is 2. The van der Waals surface area contributed by atoms with Crippen molar-refractivity contribution in [3.8, 4) is 0 Å². The summed E-state index contributed by atoms with van der Waals surface area (Å²) in [5.74, 6) is -0.648. The first kappa shape index (κ1) is 19.4. The molecule has 1 unspecified atom stereocenters. The van der Waals surface area contributed by atoms with Crippen molar-refractivity contribution in [3.63, 3.8) is 0 Å². The molecule has 0 spiro atoms. The molecule has 0 fully saturated rings. The third-order valence-corrected chi connectivity index (χ3v) is 5.00. The van der Waals surface area contributed by atoms with Gasteiger partial charge in [-0.1, -0.05) is 12.1 Å². The molecule has 1 atom stereocenters. The topological polar surface area (TPSA) is 116 Å². The van der Waals surface area contributed by atoms with Gasteiger partial charge < -0.3 is 19.9 Å². The van der Waals surface area contributed by atoms with E-state index in [4.69, 9.17) is 0 Å². The van der Waals surface area contributed by atoms with Crippen LogP contribution in [0.5, 0.6) is 0 Å². The first-order valence-electron chi connectivity index (χ1n) is 9.42. The van der Waals surface area contributed by atoms with E-state index in [-0.39, 0.29) is 18.2 Å². The molecule has 2 heterocycles. The van der Waals surface area contributed by atoms with E-state index in [1.165, 1.54) is 12.0 Å². The third-order valence-electron chi connectivity index (χ3n) is 5.00. The number of nitrogens with zero attached hydrogens (tertiary/aromatic N) is 2. The minimum atomic E-state index is -0.723. The van der Waals surface area contributed by atoms with Crippen LogP contribution in [-0.4, -0.2) is 52.9 Å². The highest BCUT2D eigenvalue weighted by atomic mass is 16.5. The van der Waals surface area contributed by atoms with Crippen LogP contribution in [0.25, 0.3) is 11.0 Å². The number of para-hydroxylation sites is 2. The number of imidazole rings is 1. The highest BCUT2D eigenvalue weighted by Gasteiger charge is 2.29. The quantitative estimate of drug-likeness (QED) is 0.571. The molecule has 0 aliphatic carbocycles. The number of H-pyrrole nitrogens is 1. The standard InChI is InChI=1S/C21H21N5O4/c1-26-11-13-9-12(7-8-14(13)22-17(20(26)29)10-18(27)30-2)19(28)25-21-23-15-5-3-4-6-16(15)24-21/h3-9,17,22H,10-11H2,1-2H3,(H2,23,24,25,28). The lowest BCUT2D eigenvalue weighted by Crippen LogP contribution is -2.39. The predicted molar refractivity (Wildman–Crippen MR) is 111 cm³/mol. The first-order chi connectivity index (χ1) is 14.4. The minimum absolute atomic E-state index is 0.0760. The third kappa shape index (κ3) is 3.82. The Morgan fingerprint density at radius 1 is 1.27 bits per heavy atom. The Balaban J connectivity index is 1.55. The Bertz CT molecular complexity index is 1110. The molecule has 2 amide bonds.